The number of hydrogen-bond acceptors (Lipinski definition) is 6. The molecule has 1 saturated carbocycles. The predicted molar refractivity (Wildman–Crippen MR) is 133 cm³/mol. The number of amides is 1. The first kappa shape index (κ1) is 22.2. The zero-order chi connectivity index (χ0) is 23.9. The number of ether oxygens (including phenoxy) is 1. The molecule has 2 fully saturated rings. The molecular formula is C26H24FN5O2S. The van der Waals surface area contributed by atoms with E-state index in [0.717, 1.165) is 34.3 Å². The SMILES string of the molecule is CSc1ccc(F)c(-c2cnc(-n3nc(C4CC4)c4ccc(C(=O)N5CCOCC5)cc43)nc2)c1. The van der Waals surface area contributed by atoms with E-state index in [1.54, 1.807) is 41.0 Å². The lowest BCUT2D eigenvalue weighted by atomic mass is 10.1. The molecule has 0 bridgehead atoms. The molecule has 0 unspecified atom stereocenters. The normalized spacial score (nSPS) is 16.1. The standard InChI is InChI=1S/C26H24FN5O2S/c1-35-19-5-7-22(27)21(13-19)18-14-28-26(29-15-18)32-23-12-17(25(33)31-8-10-34-11-9-31)4-6-20(23)24(30-32)16-2-3-16/h4-7,12-16H,2-3,8-11H2,1H3. The highest BCUT2D eigenvalue weighted by Gasteiger charge is 2.30. The Morgan fingerprint density at radius 1 is 1.09 bits per heavy atom. The van der Waals surface area contributed by atoms with Crippen LogP contribution in [0.5, 0.6) is 0 Å². The summed E-state index contributed by atoms with van der Waals surface area (Å²) >= 11 is 1.55. The lowest BCUT2D eigenvalue weighted by molar-refractivity contribution is 0.0303. The summed E-state index contributed by atoms with van der Waals surface area (Å²) in [7, 11) is 0. The number of fused-ring (bicyclic) bond motifs is 1. The lowest BCUT2D eigenvalue weighted by Gasteiger charge is -2.26. The molecule has 0 atom stereocenters. The van der Waals surface area contributed by atoms with E-state index >= 15 is 0 Å². The van der Waals surface area contributed by atoms with Gasteiger partial charge in [0.25, 0.3) is 11.9 Å². The maximum Gasteiger partial charge on any atom is 0.254 e. The largest absolute Gasteiger partial charge is 0.378 e. The van der Waals surface area contributed by atoms with Crippen LogP contribution in [0.3, 0.4) is 0 Å². The average molecular weight is 490 g/mol. The molecule has 1 saturated heterocycles. The third-order valence-electron chi connectivity index (χ3n) is 6.53. The van der Waals surface area contributed by atoms with Gasteiger partial charge in [-0.1, -0.05) is 6.07 Å². The second kappa shape index (κ2) is 9.05. The lowest BCUT2D eigenvalue weighted by Crippen LogP contribution is -2.40. The quantitative estimate of drug-likeness (QED) is 0.379. The molecular weight excluding hydrogens is 465 g/mol. The van der Waals surface area contributed by atoms with Gasteiger partial charge >= 0.3 is 0 Å². The van der Waals surface area contributed by atoms with Crippen LogP contribution in [-0.2, 0) is 4.74 Å². The molecule has 2 aromatic carbocycles. The first-order chi connectivity index (χ1) is 17.1. The van der Waals surface area contributed by atoms with Crippen LogP contribution in [-0.4, -0.2) is 63.1 Å². The van der Waals surface area contributed by atoms with Crippen molar-refractivity contribution in [2.45, 2.75) is 23.7 Å². The fourth-order valence-corrected chi connectivity index (χ4v) is 4.89. The van der Waals surface area contributed by atoms with E-state index in [2.05, 4.69) is 9.97 Å². The van der Waals surface area contributed by atoms with Crippen molar-refractivity contribution in [3.8, 4) is 17.1 Å². The van der Waals surface area contributed by atoms with Gasteiger partial charge in [0.1, 0.15) is 5.82 Å². The van der Waals surface area contributed by atoms with Crippen LogP contribution in [0.1, 0.15) is 34.8 Å². The van der Waals surface area contributed by atoms with Gasteiger partial charge in [-0.2, -0.15) is 9.78 Å². The third-order valence-corrected chi connectivity index (χ3v) is 7.26. The maximum atomic E-state index is 14.5. The second-order valence-electron chi connectivity index (χ2n) is 8.83. The van der Waals surface area contributed by atoms with Crippen molar-refractivity contribution in [2.24, 2.45) is 0 Å². The molecule has 178 valence electrons. The average Bonchev–Trinajstić information content (AvgIpc) is 3.69. The smallest absolute Gasteiger partial charge is 0.254 e. The Bertz CT molecular complexity index is 1410. The minimum atomic E-state index is -0.314. The topological polar surface area (TPSA) is 73.1 Å². The van der Waals surface area contributed by atoms with Crippen LogP contribution < -0.4 is 0 Å². The molecule has 0 N–H and O–H groups in total. The summed E-state index contributed by atoms with van der Waals surface area (Å²) in [4.78, 5) is 25.0. The third kappa shape index (κ3) is 4.19. The number of hydrogen-bond donors (Lipinski definition) is 0. The molecule has 1 aliphatic heterocycles. The van der Waals surface area contributed by atoms with Gasteiger partial charge in [-0.05, 0) is 49.4 Å². The Labute approximate surface area is 206 Å². The van der Waals surface area contributed by atoms with Crippen LogP contribution in [0.25, 0.3) is 28.0 Å². The number of thioether (sulfide) groups is 1. The van der Waals surface area contributed by atoms with Crippen LogP contribution in [0.2, 0.25) is 0 Å². The highest BCUT2D eigenvalue weighted by Crippen LogP contribution is 2.43. The molecule has 6 rings (SSSR count). The van der Waals surface area contributed by atoms with Gasteiger partial charge in [0.15, 0.2) is 0 Å². The molecule has 35 heavy (non-hydrogen) atoms. The molecule has 2 aromatic heterocycles. The first-order valence-electron chi connectivity index (χ1n) is 11.7. The highest BCUT2D eigenvalue weighted by atomic mass is 32.2. The number of carbonyl (C=O) groups is 1. The molecule has 4 aromatic rings. The molecule has 1 aliphatic carbocycles. The van der Waals surface area contributed by atoms with E-state index in [9.17, 15) is 9.18 Å². The number of nitrogens with zero attached hydrogens (tertiary/aromatic N) is 5. The van der Waals surface area contributed by atoms with Crippen LogP contribution in [0.4, 0.5) is 4.39 Å². The number of morpholine rings is 1. The van der Waals surface area contributed by atoms with Crippen LogP contribution in [0, 0.1) is 5.82 Å². The fourth-order valence-electron chi connectivity index (χ4n) is 4.45. The molecule has 0 radical (unpaired) electrons. The van der Waals surface area contributed by atoms with Crippen molar-refractivity contribution < 1.29 is 13.9 Å². The number of carbonyl (C=O) groups excluding carboxylic acids is 1. The van der Waals surface area contributed by atoms with E-state index in [4.69, 9.17) is 9.84 Å². The molecule has 7 nitrogen and oxygen atoms in total. The minimum absolute atomic E-state index is 0.0173. The number of rotatable bonds is 5. The van der Waals surface area contributed by atoms with Crippen molar-refractivity contribution >= 4 is 28.6 Å². The Balaban J connectivity index is 1.39. The van der Waals surface area contributed by atoms with Gasteiger partial charge in [0.2, 0.25) is 0 Å². The second-order valence-corrected chi connectivity index (χ2v) is 9.70. The summed E-state index contributed by atoms with van der Waals surface area (Å²) < 4.78 is 21.6. The van der Waals surface area contributed by atoms with Crippen LogP contribution >= 0.6 is 11.8 Å². The Morgan fingerprint density at radius 3 is 2.57 bits per heavy atom. The molecule has 0 spiro atoms. The van der Waals surface area contributed by atoms with Gasteiger partial charge < -0.3 is 9.64 Å². The Morgan fingerprint density at radius 2 is 1.86 bits per heavy atom. The molecule has 1 amide bonds. The summed E-state index contributed by atoms with van der Waals surface area (Å²) in [6.07, 6.45) is 7.40. The van der Waals surface area contributed by atoms with Crippen molar-refractivity contribution in [2.75, 3.05) is 32.6 Å². The highest BCUT2D eigenvalue weighted by molar-refractivity contribution is 7.98. The Kier molecular flexibility index (Phi) is 5.74. The summed E-state index contributed by atoms with van der Waals surface area (Å²) in [6.45, 7) is 2.28. The van der Waals surface area contributed by atoms with E-state index in [0.29, 0.717) is 54.9 Å². The van der Waals surface area contributed by atoms with E-state index in [1.165, 1.54) is 6.07 Å². The van der Waals surface area contributed by atoms with Crippen molar-refractivity contribution in [1.82, 2.24) is 24.6 Å². The van der Waals surface area contributed by atoms with Gasteiger partial charge in [-0.3, -0.25) is 4.79 Å². The van der Waals surface area contributed by atoms with Crippen LogP contribution in [0.15, 0.2) is 53.7 Å². The first-order valence-corrected chi connectivity index (χ1v) is 12.9. The van der Waals surface area contributed by atoms with Gasteiger partial charge in [0, 0.05) is 58.4 Å². The summed E-state index contributed by atoms with van der Waals surface area (Å²) in [5, 5.41) is 5.86. The molecule has 2 aliphatic rings. The van der Waals surface area contributed by atoms with E-state index < -0.39 is 0 Å². The molecule has 3 heterocycles. The number of aromatic nitrogens is 4. The van der Waals surface area contributed by atoms with Crippen molar-refractivity contribution in [3.05, 3.63) is 65.9 Å². The minimum Gasteiger partial charge on any atom is -0.378 e. The summed E-state index contributed by atoms with van der Waals surface area (Å²) in [5.41, 5.74) is 3.48. The summed E-state index contributed by atoms with van der Waals surface area (Å²) in [5.74, 6) is 0.479. The predicted octanol–water partition coefficient (Wildman–Crippen LogP) is 4.69. The number of halogens is 1. The van der Waals surface area contributed by atoms with Gasteiger partial charge in [0.05, 0.1) is 24.4 Å². The summed E-state index contributed by atoms with van der Waals surface area (Å²) in [6, 6.07) is 10.8. The zero-order valence-corrected chi connectivity index (χ0v) is 20.1. The fraction of sp³-hybridized carbons (Fsp3) is 0.308. The van der Waals surface area contributed by atoms with Crippen molar-refractivity contribution in [3.63, 3.8) is 0 Å². The van der Waals surface area contributed by atoms with E-state index in [-0.39, 0.29) is 11.7 Å². The molecule has 9 heteroatoms. The Hall–Kier alpha value is -3.30. The van der Waals surface area contributed by atoms with Gasteiger partial charge in [-0.25, -0.2) is 14.4 Å². The van der Waals surface area contributed by atoms with Crippen molar-refractivity contribution in [1.29, 1.82) is 0 Å². The van der Waals surface area contributed by atoms with E-state index in [1.807, 2.05) is 29.4 Å². The van der Waals surface area contributed by atoms with Gasteiger partial charge in [-0.15, -0.1) is 11.8 Å². The monoisotopic (exact) mass is 489 g/mol. The number of benzene rings is 2. The zero-order valence-electron chi connectivity index (χ0n) is 19.3. The maximum absolute atomic E-state index is 14.5.